The Hall–Kier alpha value is -1.41. The lowest BCUT2D eigenvalue weighted by molar-refractivity contribution is -0.141. The Morgan fingerprint density at radius 3 is 2.56 bits per heavy atom. The summed E-state index contributed by atoms with van der Waals surface area (Å²) in [4.78, 5) is 0. The summed E-state index contributed by atoms with van der Waals surface area (Å²) in [6, 6.07) is 2.14. The van der Waals surface area contributed by atoms with Gasteiger partial charge in [0.15, 0.2) is 5.69 Å². The van der Waals surface area contributed by atoms with Gasteiger partial charge >= 0.3 is 6.18 Å². The van der Waals surface area contributed by atoms with E-state index in [1.54, 1.807) is 0 Å². The first-order valence-corrected chi connectivity index (χ1v) is 5.46. The first kappa shape index (κ1) is 14.7. The summed E-state index contributed by atoms with van der Waals surface area (Å²) in [5.74, 6) is 0.307. The average Bonchev–Trinajstić information content (AvgIpc) is 2.33. The molecule has 0 aliphatic rings. The van der Waals surface area contributed by atoms with Crippen LogP contribution in [0.3, 0.4) is 0 Å². The van der Waals surface area contributed by atoms with Gasteiger partial charge in [-0.2, -0.15) is 13.2 Å². The topological polar surface area (TPSA) is 73.1 Å². The Morgan fingerprint density at radius 1 is 1.22 bits per heavy atom. The SMILES string of the molecule is NCCOCCCNc1ccc(C(F)(F)F)nn1. The molecule has 1 aromatic heterocycles. The molecule has 1 heterocycles. The number of nitrogens with one attached hydrogen (secondary N) is 1. The summed E-state index contributed by atoms with van der Waals surface area (Å²) in [6.07, 6.45) is -3.75. The minimum atomic E-state index is -4.46. The average molecular weight is 264 g/mol. The lowest BCUT2D eigenvalue weighted by atomic mass is 10.3. The predicted molar refractivity (Wildman–Crippen MR) is 60.0 cm³/mol. The minimum absolute atomic E-state index is 0.307. The summed E-state index contributed by atoms with van der Waals surface area (Å²) < 4.78 is 41.7. The predicted octanol–water partition coefficient (Wildman–Crippen LogP) is 1.27. The van der Waals surface area contributed by atoms with Crippen LogP contribution in [0.25, 0.3) is 0 Å². The van der Waals surface area contributed by atoms with Crippen LogP contribution < -0.4 is 11.1 Å². The van der Waals surface area contributed by atoms with Crippen LogP contribution in [0.15, 0.2) is 12.1 Å². The second-order valence-corrected chi connectivity index (χ2v) is 3.48. The first-order valence-electron chi connectivity index (χ1n) is 5.46. The van der Waals surface area contributed by atoms with Crippen LogP contribution in [0.1, 0.15) is 12.1 Å². The second-order valence-electron chi connectivity index (χ2n) is 3.48. The summed E-state index contributed by atoms with van der Waals surface area (Å²) >= 11 is 0. The number of hydrogen-bond acceptors (Lipinski definition) is 5. The van der Waals surface area contributed by atoms with Crippen LogP contribution >= 0.6 is 0 Å². The standard InChI is InChI=1S/C10H15F3N4O/c11-10(12,13)8-2-3-9(17-16-8)15-5-1-6-18-7-4-14/h2-3H,1,4-7,14H2,(H,15,17). The van der Waals surface area contributed by atoms with Gasteiger partial charge in [0.2, 0.25) is 0 Å². The second kappa shape index (κ2) is 7.12. The van der Waals surface area contributed by atoms with E-state index in [9.17, 15) is 13.2 Å². The van der Waals surface area contributed by atoms with E-state index >= 15 is 0 Å². The van der Waals surface area contributed by atoms with Crippen LogP contribution in [0, 0.1) is 0 Å². The van der Waals surface area contributed by atoms with Crippen molar-refractivity contribution in [2.75, 3.05) is 31.6 Å². The normalized spacial score (nSPS) is 11.6. The molecule has 18 heavy (non-hydrogen) atoms. The number of alkyl halides is 3. The molecule has 3 N–H and O–H groups in total. The van der Waals surface area contributed by atoms with E-state index in [2.05, 4.69) is 15.5 Å². The zero-order chi connectivity index (χ0) is 13.4. The van der Waals surface area contributed by atoms with Gasteiger partial charge in [0.1, 0.15) is 5.82 Å². The third-order valence-corrected chi connectivity index (χ3v) is 1.99. The van der Waals surface area contributed by atoms with Gasteiger partial charge in [0.25, 0.3) is 0 Å². The van der Waals surface area contributed by atoms with E-state index in [4.69, 9.17) is 10.5 Å². The minimum Gasteiger partial charge on any atom is -0.380 e. The van der Waals surface area contributed by atoms with Crippen molar-refractivity contribution in [2.45, 2.75) is 12.6 Å². The molecular weight excluding hydrogens is 249 g/mol. The molecule has 5 nitrogen and oxygen atoms in total. The summed E-state index contributed by atoms with van der Waals surface area (Å²) in [7, 11) is 0. The van der Waals surface area contributed by atoms with Crippen molar-refractivity contribution in [3.8, 4) is 0 Å². The summed E-state index contributed by atoms with van der Waals surface area (Å²) in [6.45, 7) is 2.06. The zero-order valence-corrected chi connectivity index (χ0v) is 9.70. The number of ether oxygens (including phenoxy) is 1. The lowest BCUT2D eigenvalue weighted by Crippen LogP contribution is -2.13. The van der Waals surface area contributed by atoms with Gasteiger partial charge < -0.3 is 15.8 Å². The van der Waals surface area contributed by atoms with Crippen LogP contribution in [-0.4, -0.2) is 36.5 Å². The Balaban J connectivity index is 2.27. The van der Waals surface area contributed by atoms with Crippen molar-refractivity contribution < 1.29 is 17.9 Å². The molecule has 0 radical (unpaired) electrons. The summed E-state index contributed by atoms with van der Waals surface area (Å²) in [5.41, 5.74) is 4.23. The monoisotopic (exact) mass is 264 g/mol. The maximum Gasteiger partial charge on any atom is 0.435 e. The molecular formula is C10H15F3N4O. The van der Waals surface area contributed by atoms with E-state index in [0.29, 0.717) is 38.5 Å². The zero-order valence-electron chi connectivity index (χ0n) is 9.70. The summed E-state index contributed by atoms with van der Waals surface area (Å²) in [5, 5.41) is 9.38. The largest absolute Gasteiger partial charge is 0.435 e. The van der Waals surface area contributed by atoms with Crippen molar-refractivity contribution in [1.82, 2.24) is 10.2 Å². The molecule has 0 aromatic carbocycles. The van der Waals surface area contributed by atoms with Crippen molar-refractivity contribution >= 4 is 5.82 Å². The molecule has 0 fully saturated rings. The molecule has 102 valence electrons. The Morgan fingerprint density at radius 2 is 2.00 bits per heavy atom. The fraction of sp³-hybridized carbons (Fsp3) is 0.600. The third kappa shape index (κ3) is 5.28. The Kier molecular flexibility index (Phi) is 5.79. The molecule has 0 saturated carbocycles. The van der Waals surface area contributed by atoms with Gasteiger partial charge in [-0.05, 0) is 18.6 Å². The van der Waals surface area contributed by atoms with Crippen molar-refractivity contribution in [2.24, 2.45) is 5.73 Å². The molecule has 1 rings (SSSR count). The van der Waals surface area contributed by atoms with E-state index in [1.165, 1.54) is 6.07 Å². The van der Waals surface area contributed by atoms with Crippen LogP contribution in [0.2, 0.25) is 0 Å². The smallest absolute Gasteiger partial charge is 0.380 e. The maximum atomic E-state index is 12.2. The van der Waals surface area contributed by atoms with E-state index in [-0.39, 0.29) is 0 Å². The number of aromatic nitrogens is 2. The number of nitrogens with zero attached hydrogens (tertiary/aromatic N) is 2. The van der Waals surface area contributed by atoms with Crippen molar-refractivity contribution in [3.05, 3.63) is 17.8 Å². The molecule has 0 amide bonds. The quantitative estimate of drug-likeness (QED) is 0.726. The molecule has 8 heteroatoms. The van der Waals surface area contributed by atoms with Gasteiger partial charge in [0.05, 0.1) is 6.61 Å². The highest BCUT2D eigenvalue weighted by Gasteiger charge is 2.32. The first-order chi connectivity index (χ1) is 8.54. The fourth-order valence-corrected chi connectivity index (χ4v) is 1.15. The molecule has 0 saturated heterocycles. The molecule has 0 unspecified atom stereocenters. The van der Waals surface area contributed by atoms with Crippen molar-refractivity contribution in [3.63, 3.8) is 0 Å². The third-order valence-electron chi connectivity index (χ3n) is 1.99. The number of anilines is 1. The van der Waals surface area contributed by atoms with Gasteiger partial charge in [0, 0.05) is 19.7 Å². The Bertz CT molecular complexity index is 342. The van der Waals surface area contributed by atoms with Gasteiger partial charge in [-0.3, -0.25) is 0 Å². The van der Waals surface area contributed by atoms with Crippen LogP contribution in [-0.2, 0) is 10.9 Å². The molecule has 0 spiro atoms. The van der Waals surface area contributed by atoms with Gasteiger partial charge in [-0.1, -0.05) is 0 Å². The van der Waals surface area contributed by atoms with E-state index in [0.717, 1.165) is 6.07 Å². The van der Waals surface area contributed by atoms with Gasteiger partial charge in [-0.25, -0.2) is 0 Å². The van der Waals surface area contributed by atoms with Crippen LogP contribution in [0.5, 0.6) is 0 Å². The van der Waals surface area contributed by atoms with Gasteiger partial charge in [-0.15, -0.1) is 10.2 Å². The highest BCUT2D eigenvalue weighted by Crippen LogP contribution is 2.26. The van der Waals surface area contributed by atoms with Crippen LogP contribution in [0.4, 0.5) is 19.0 Å². The van der Waals surface area contributed by atoms with E-state index < -0.39 is 11.9 Å². The highest BCUT2D eigenvalue weighted by atomic mass is 19.4. The number of nitrogens with two attached hydrogens (primary N) is 1. The lowest BCUT2D eigenvalue weighted by Gasteiger charge is -2.07. The number of halogens is 3. The molecule has 0 bridgehead atoms. The van der Waals surface area contributed by atoms with E-state index in [1.807, 2.05) is 0 Å². The molecule has 0 aliphatic heterocycles. The molecule has 1 aromatic rings. The number of hydrogen-bond donors (Lipinski definition) is 2. The Labute approximate surface area is 103 Å². The fourth-order valence-electron chi connectivity index (χ4n) is 1.15. The molecule has 0 aliphatic carbocycles. The highest BCUT2D eigenvalue weighted by molar-refractivity contribution is 5.33. The molecule has 0 atom stereocenters. The number of rotatable bonds is 7. The maximum absolute atomic E-state index is 12.2. The van der Waals surface area contributed by atoms with Crippen molar-refractivity contribution in [1.29, 1.82) is 0 Å².